The van der Waals surface area contributed by atoms with Crippen LogP contribution in [0.4, 0.5) is 0 Å². The van der Waals surface area contributed by atoms with Gasteiger partial charge in [-0.1, -0.05) is 0 Å². The number of hydrogen-bond acceptors (Lipinski definition) is 3. The van der Waals surface area contributed by atoms with Crippen molar-refractivity contribution in [1.29, 1.82) is 0 Å². The lowest BCUT2D eigenvalue weighted by molar-refractivity contribution is -0.123. The Balaban J connectivity index is 2.69. The summed E-state index contributed by atoms with van der Waals surface area (Å²) in [5.74, 6) is 1.30. The zero-order chi connectivity index (χ0) is 14.9. The minimum absolute atomic E-state index is 0.0920. The number of rotatable bonds is 4. The Kier molecular flexibility index (Phi) is 4.18. The van der Waals surface area contributed by atoms with Crippen LogP contribution in [0.25, 0.3) is 11.0 Å². The van der Waals surface area contributed by atoms with Crippen molar-refractivity contribution >= 4 is 28.5 Å². The van der Waals surface area contributed by atoms with Crippen molar-refractivity contribution in [3.8, 4) is 5.75 Å². The van der Waals surface area contributed by atoms with E-state index in [0.29, 0.717) is 5.82 Å². The van der Waals surface area contributed by atoms with Gasteiger partial charge in [0.2, 0.25) is 5.91 Å². The highest BCUT2D eigenvalue weighted by Crippen LogP contribution is 2.30. The summed E-state index contributed by atoms with van der Waals surface area (Å²) in [6.45, 7) is 3.66. The first-order valence-electron chi connectivity index (χ1n) is 6.41. The number of hydrogen-bond donors (Lipinski definition) is 1. The Hall–Kier alpha value is -1.75. The summed E-state index contributed by atoms with van der Waals surface area (Å²) in [7, 11) is 3.22. The molecule has 1 aromatic heterocycles. The number of carbonyl (C=O) groups is 1. The van der Waals surface area contributed by atoms with E-state index in [9.17, 15) is 4.79 Å². The Morgan fingerprint density at radius 3 is 2.70 bits per heavy atom. The number of fused-ring (bicyclic) bond motifs is 1. The van der Waals surface area contributed by atoms with Gasteiger partial charge in [0.25, 0.3) is 0 Å². The lowest BCUT2D eigenvalue weighted by Gasteiger charge is -2.17. The predicted molar refractivity (Wildman–Crippen MR) is 79.3 cm³/mol. The summed E-state index contributed by atoms with van der Waals surface area (Å²) in [4.78, 5) is 16.5. The Morgan fingerprint density at radius 1 is 1.45 bits per heavy atom. The number of halogens is 1. The van der Waals surface area contributed by atoms with Crippen LogP contribution in [0, 0.1) is 0 Å². The van der Waals surface area contributed by atoms with Crippen LogP contribution in [-0.2, 0) is 4.79 Å². The first-order chi connectivity index (χ1) is 9.49. The van der Waals surface area contributed by atoms with Crippen molar-refractivity contribution in [3.05, 3.63) is 24.0 Å². The SMILES string of the molecule is CNC(=O)C(C)n1c(C(C)Cl)nc2ccc(OC)cc21. The molecule has 5 nitrogen and oxygen atoms in total. The minimum atomic E-state index is -0.395. The maximum Gasteiger partial charge on any atom is 0.242 e. The molecule has 0 fully saturated rings. The third-order valence-electron chi connectivity index (χ3n) is 3.29. The molecule has 6 heteroatoms. The number of amides is 1. The van der Waals surface area contributed by atoms with E-state index < -0.39 is 6.04 Å². The molecule has 0 aliphatic carbocycles. The average Bonchev–Trinajstić information content (AvgIpc) is 2.83. The molecule has 2 aromatic rings. The highest BCUT2D eigenvalue weighted by Gasteiger charge is 2.23. The maximum absolute atomic E-state index is 11.9. The van der Waals surface area contributed by atoms with Crippen molar-refractivity contribution in [2.75, 3.05) is 14.2 Å². The van der Waals surface area contributed by atoms with E-state index in [4.69, 9.17) is 16.3 Å². The molecule has 0 spiro atoms. The standard InChI is InChI=1S/C14H18ClN3O2/c1-8(15)13-17-11-6-5-10(20-4)7-12(11)18(13)9(2)14(19)16-3/h5-9H,1-4H3,(H,16,19). The van der Waals surface area contributed by atoms with Gasteiger partial charge < -0.3 is 14.6 Å². The Bertz CT molecular complexity index is 637. The van der Waals surface area contributed by atoms with Crippen LogP contribution in [0.1, 0.15) is 31.1 Å². The van der Waals surface area contributed by atoms with Gasteiger partial charge in [0.05, 0.1) is 23.5 Å². The second kappa shape index (κ2) is 5.71. The molecule has 2 unspecified atom stereocenters. The van der Waals surface area contributed by atoms with Gasteiger partial charge in [-0.25, -0.2) is 4.98 Å². The molecule has 1 N–H and O–H groups in total. The first kappa shape index (κ1) is 14.7. The molecular formula is C14H18ClN3O2. The largest absolute Gasteiger partial charge is 0.497 e. The number of nitrogens with zero attached hydrogens (tertiary/aromatic N) is 2. The van der Waals surface area contributed by atoms with Gasteiger partial charge in [-0.3, -0.25) is 4.79 Å². The highest BCUT2D eigenvalue weighted by atomic mass is 35.5. The van der Waals surface area contributed by atoms with Crippen LogP contribution in [-0.4, -0.2) is 29.6 Å². The molecule has 0 aliphatic heterocycles. The zero-order valence-electron chi connectivity index (χ0n) is 12.0. The second-order valence-corrected chi connectivity index (χ2v) is 5.26. The first-order valence-corrected chi connectivity index (χ1v) is 6.84. The van der Waals surface area contributed by atoms with Crippen LogP contribution >= 0.6 is 11.6 Å². The summed E-state index contributed by atoms with van der Waals surface area (Å²) < 4.78 is 7.09. The number of imidazole rings is 1. The molecule has 2 rings (SSSR count). The fourth-order valence-corrected chi connectivity index (χ4v) is 2.39. The number of nitrogens with one attached hydrogen (secondary N) is 1. The van der Waals surface area contributed by atoms with E-state index in [1.165, 1.54) is 0 Å². The van der Waals surface area contributed by atoms with E-state index in [2.05, 4.69) is 10.3 Å². The van der Waals surface area contributed by atoms with Gasteiger partial charge in [-0.15, -0.1) is 11.6 Å². The molecule has 1 amide bonds. The van der Waals surface area contributed by atoms with E-state index in [0.717, 1.165) is 16.8 Å². The van der Waals surface area contributed by atoms with E-state index in [-0.39, 0.29) is 11.3 Å². The van der Waals surface area contributed by atoms with E-state index in [1.807, 2.05) is 36.6 Å². The number of carbonyl (C=O) groups excluding carboxylic acids is 1. The normalized spacial score (nSPS) is 14.1. The smallest absolute Gasteiger partial charge is 0.242 e. The summed E-state index contributed by atoms with van der Waals surface area (Å²) in [6, 6.07) is 5.18. The summed E-state index contributed by atoms with van der Waals surface area (Å²) in [5.41, 5.74) is 1.63. The fraction of sp³-hybridized carbons (Fsp3) is 0.429. The lowest BCUT2D eigenvalue weighted by atomic mass is 10.2. The molecule has 1 aromatic carbocycles. The molecule has 0 radical (unpaired) electrons. The summed E-state index contributed by atoms with van der Waals surface area (Å²) in [6.07, 6.45) is 0. The van der Waals surface area contributed by atoms with Gasteiger partial charge in [0.1, 0.15) is 17.6 Å². The molecule has 20 heavy (non-hydrogen) atoms. The van der Waals surface area contributed by atoms with Gasteiger partial charge in [-0.2, -0.15) is 0 Å². The van der Waals surface area contributed by atoms with Crippen LogP contribution in [0.5, 0.6) is 5.75 Å². The molecule has 2 atom stereocenters. The van der Waals surface area contributed by atoms with Gasteiger partial charge >= 0.3 is 0 Å². The monoisotopic (exact) mass is 295 g/mol. The van der Waals surface area contributed by atoms with Crippen molar-refractivity contribution < 1.29 is 9.53 Å². The van der Waals surface area contributed by atoms with Crippen LogP contribution in [0.2, 0.25) is 0 Å². The third-order valence-corrected chi connectivity index (χ3v) is 3.49. The van der Waals surface area contributed by atoms with Gasteiger partial charge in [0.15, 0.2) is 0 Å². The molecule has 0 saturated heterocycles. The predicted octanol–water partition coefficient (Wildman–Crippen LogP) is 2.65. The fourth-order valence-electron chi connectivity index (χ4n) is 2.23. The lowest BCUT2D eigenvalue weighted by Crippen LogP contribution is -2.28. The van der Waals surface area contributed by atoms with Crippen molar-refractivity contribution in [2.45, 2.75) is 25.3 Å². The molecule has 0 aliphatic rings. The Labute approximate surface area is 122 Å². The molecule has 0 bridgehead atoms. The number of benzene rings is 1. The number of ether oxygens (including phenoxy) is 1. The summed E-state index contributed by atoms with van der Waals surface area (Å²) >= 11 is 6.20. The summed E-state index contributed by atoms with van der Waals surface area (Å²) in [5, 5.41) is 2.36. The minimum Gasteiger partial charge on any atom is -0.497 e. The maximum atomic E-state index is 11.9. The van der Waals surface area contributed by atoms with Crippen LogP contribution in [0.15, 0.2) is 18.2 Å². The average molecular weight is 296 g/mol. The second-order valence-electron chi connectivity index (χ2n) is 4.60. The number of alkyl halides is 1. The molecule has 1 heterocycles. The van der Waals surface area contributed by atoms with Crippen molar-refractivity contribution in [1.82, 2.24) is 14.9 Å². The molecule has 0 saturated carbocycles. The van der Waals surface area contributed by atoms with Gasteiger partial charge in [-0.05, 0) is 26.0 Å². The van der Waals surface area contributed by atoms with E-state index in [1.54, 1.807) is 14.2 Å². The number of likely N-dealkylation sites (N-methyl/N-ethyl adjacent to an activating group) is 1. The zero-order valence-corrected chi connectivity index (χ0v) is 12.7. The van der Waals surface area contributed by atoms with Crippen molar-refractivity contribution in [3.63, 3.8) is 0 Å². The van der Waals surface area contributed by atoms with Crippen LogP contribution in [0.3, 0.4) is 0 Å². The number of aromatic nitrogens is 2. The Morgan fingerprint density at radius 2 is 2.15 bits per heavy atom. The van der Waals surface area contributed by atoms with Gasteiger partial charge in [0, 0.05) is 13.1 Å². The topological polar surface area (TPSA) is 56.2 Å². The molecular weight excluding hydrogens is 278 g/mol. The number of methoxy groups -OCH3 is 1. The highest BCUT2D eigenvalue weighted by molar-refractivity contribution is 6.20. The van der Waals surface area contributed by atoms with Crippen molar-refractivity contribution in [2.24, 2.45) is 0 Å². The van der Waals surface area contributed by atoms with Crippen LogP contribution < -0.4 is 10.1 Å². The quantitative estimate of drug-likeness (QED) is 0.882. The third kappa shape index (κ3) is 2.45. The molecule has 108 valence electrons. The van der Waals surface area contributed by atoms with E-state index >= 15 is 0 Å².